The molecule has 0 saturated carbocycles. The van der Waals surface area contributed by atoms with E-state index in [-0.39, 0.29) is 42.2 Å². The molecule has 1 aromatic carbocycles. The van der Waals surface area contributed by atoms with Crippen molar-refractivity contribution >= 4 is 40.3 Å². The van der Waals surface area contributed by atoms with Crippen LogP contribution in [0.5, 0.6) is 5.75 Å². The number of benzene rings is 1. The highest BCUT2D eigenvalue weighted by Crippen LogP contribution is 2.32. The fourth-order valence-corrected chi connectivity index (χ4v) is 3.12. The molecule has 0 bridgehead atoms. The topological polar surface area (TPSA) is 83.6 Å². The second-order valence-corrected chi connectivity index (χ2v) is 6.39. The molecule has 0 saturated heterocycles. The van der Waals surface area contributed by atoms with E-state index in [2.05, 4.69) is 4.98 Å². The lowest BCUT2D eigenvalue weighted by Crippen LogP contribution is -2.24. The van der Waals surface area contributed by atoms with Crippen molar-refractivity contribution in [3.63, 3.8) is 0 Å². The van der Waals surface area contributed by atoms with Crippen molar-refractivity contribution < 1.29 is 18.7 Å². The molecule has 9 heteroatoms. The number of aromatic nitrogens is 2. The summed E-state index contributed by atoms with van der Waals surface area (Å²) in [5, 5.41) is 0.834. The van der Waals surface area contributed by atoms with Crippen molar-refractivity contribution in [3.05, 3.63) is 56.2 Å². The van der Waals surface area contributed by atoms with E-state index in [4.69, 9.17) is 37.1 Å². The van der Waals surface area contributed by atoms with E-state index in [1.54, 1.807) is 32.0 Å². The predicted molar refractivity (Wildman–Crippen MR) is 101 cm³/mol. The van der Waals surface area contributed by atoms with Crippen LogP contribution in [0.4, 0.5) is 0 Å². The quantitative estimate of drug-likeness (QED) is 0.573. The van der Waals surface area contributed by atoms with Crippen LogP contribution in [-0.2, 0) is 11.3 Å². The summed E-state index contributed by atoms with van der Waals surface area (Å²) in [4.78, 5) is 29.1. The van der Waals surface area contributed by atoms with Crippen molar-refractivity contribution in [2.24, 2.45) is 0 Å². The lowest BCUT2D eigenvalue weighted by Gasteiger charge is -2.10. The van der Waals surface area contributed by atoms with Gasteiger partial charge in [0.1, 0.15) is 29.6 Å². The number of esters is 1. The molecule has 0 aliphatic carbocycles. The van der Waals surface area contributed by atoms with Gasteiger partial charge in [-0.15, -0.1) is 0 Å². The van der Waals surface area contributed by atoms with Gasteiger partial charge < -0.3 is 13.9 Å². The van der Waals surface area contributed by atoms with E-state index in [0.717, 1.165) is 0 Å². The molecule has 0 atom stereocenters. The van der Waals surface area contributed by atoms with Crippen molar-refractivity contribution in [1.82, 2.24) is 9.55 Å². The van der Waals surface area contributed by atoms with Crippen LogP contribution in [0.25, 0.3) is 11.1 Å². The minimum absolute atomic E-state index is 0.0872. The zero-order chi connectivity index (χ0) is 19.6. The molecule has 7 nitrogen and oxygen atoms in total. The predicted octanol–water partition coefficient (Wildman–Crippen LogP) is 3.86. The van der Waals surface area contributed by atoms with E-state index < -0.39 is 11.5 Å². The number of para-hydroxylation sites is 1. The van der Waals surface area contributed by atoms with Gasteiger partial charge in [-0.3, -0.25) is 9.36 Å². The van der Waals surface area contributed by atoms with Crippen molar-refractivity contribution in [1.29, 1.82) is 0 Å². The highest BCUT2D eigenvalue weighted by Gasteiger charge is 2.23. The molecular weight excluding hydrogens is 395 g/mol. The van der Waals surface area contributed by atoms with Gasteiger partial charge in [0.05, 0.1) is 23.2 Å². The summed E-state index contributed by atoms with van der Waals surface area (Å²) in [6, 6.07) is 5.02. The minimum atomic E-state index is -0.621. The summed E-state index contributed by atoms with van der Waals surface area (Å²) < 4.78 is 17.3. The van der Waals surface area contributed by atoms with Gasteiger partial charge in [-0.25, -0.2) is 9.78 Å². The van der Waals surface area contributed by atoms with Gasteiger partial charge in [-0.05, 0) is 26.0 Å². The van der Waals surface area contributed by atoms with Gasteiger partial charge >= 0.3 is 5.97 Å². The van der Waals surface area contributed by atoms with Crippen LogP contribution in [0.1, 0.15) is 23.0 Å². The number of ether oxygens (including phenoxy) is 2. The number of hydrogen-bond donors (Lipinski definition) is 0. The molecule has 0 radical (unpaired) electrons. The smallest absolute Gasteiger partial charge is 0.342 e. The molecule has 2 aromatic heterocycles. The highest BCUT2D eigenvalue weighted by molar-refractivity contribution is 6.37. The molecular formula is C18H16Cl2N2O5. The number of halogens is 2. The number of carbonyl (C=O) groups excluding carboxylic acids is 1. The molecule has 0 fully saturated rings. The SMILES string of the molecule is CCOC(=O)c1c(C)oc2ncn(CCOc3c(Cl)cccc3Cl)c(=O)c12. The van der Waals surface area contributed by atoms with E-state index in [0.29, 0.717) is 15.8 Å². The normalized spacial score (nSPS) is 11.0. The number of hydrogen-bond acceptors (Lipinski definition) is 6. The zero-order valence-corrected chi connectivity index (χ0v) is 16.1. The fourth-order valence-electron chi connectivity index (χ4n) is 2.61. The molecule has 0 amide bonds. The average Bonchev–Trinajstić information content (AvgIpc) is 2.96. The first kappa shape index (κ1) is 19.3. The molecule has 3 rings (SSSR count). The van der Waals surface area contributed by atoms with Crippen LogP contribution < -0.4 is 10.3 Å². The lowest BCUT2D eigenvalue weighted by atomic mass is 10.2. The monoisotopic (exact) mass is 410 g/mol. The zero-order valence-electron chi connectivity index (χ0n) is 14.6. The molecule has 0 unspecified atom stereocenters. The van der Waals surface area contributed by atoms with Crippen LogP contribution in [0.2, 0.25) is 10.0 Å². The first-order valence-electron chi connectivity index (χ1n) is 8.16. The Bertz CT molecular complexity index is 1040. The third-order valence-corrected chi connectivity index (χ3v) is 4.43. The van der Waals surface area contributed by atoms with Crippen LogP contribution in [0.15, 0.2) is 33.7 Å². The molecule has 2 heterocycles. The lowest BCUT2D eigenvalue weighted by molar-refractivity contribution is 0.0526. The molecule has 0 spiro atoms. The minimum Gasteiger partial charge on any atom is -0.489 e. The Kier molecular flexibility index (Phi) is 5.72. The maximum Gasteiger partial charge on any atom is 0.342 e. The van der Waals surface area contributed by atoms with Gasteiger partial charge in [0.25, 0.3) is 5.56 Å². The van der Waals surface area contributed by atoms with Gasteiger partial charge in [-0.1, -0.05) is 29.3 Å². The van der Waals surface area contributed by atoms with Gasteiger partial charge in [-0.2, -0.15) is 0 Å². The van der Waals surface area contributed by atoms with Crippen LogP contribution >= 0.6 is 23.2 Å². The standard InChI is InChI=1S/C18H16Cl2N2O5/c1-3-25-18(24)13-10(2)27-16-14(13)17(23)22(9-21-16)7-8-26-15-11(19)5-4-6-12(15)20/h4-6,9H,3,7-8H2,1-2H3. The third-order valence-electron chi connectivity index (χ3n) is 3.83. The van der Waals surface area contributed by atoms with Crippen molar-refractivity contribution in [3.8, 4) is 5.75 Å². The number of nitrogens with zero attached hydrogens (tertiary/aromatic N) is 2. The maximum absolute atomic E-state index is 12.8. The first-order chi connectivity index (χ1) is 12.9. The second-order valence-electron chi connectivity index (χ2n) is 5.58. The number of rotatable bonds is 6. The summed E-state index contributed by atoms with van der Waals surface area (Å²) >= 11 is 12.1. The molecule has 27 heavy (non-hydrogen) atoms. The van der Waals surface area contributed by atoms with E-state index in [9.17, 15) is 9.59 Å². The molecule has 0 aliphatic heterocycles. The number of fused-ring (bicyclic) bond motifs is 1. The summed E-state index contributed by atoms with van der Waals surface area (Å²) in [6.45, 7) is 3.76. The number of furan rings is 1. The number of aryl methyl sites for hydroxylation is 1. The second kappa shape index (κ2) is 8.02. The molecule has 3 aromatic rings. The summed E-state index contributed by atoms with van der Waals surface area (Å²) in [5.41, 5.74) is -0.241. The van der Waals surface area contributed by atoms with Crippen LogP contribution in [0.3, 0.4) is 0 Å². The van der Waals surface area contributed by atoms with Gasteiger partial charge in [0.15, 0.2) is 5.75 Å². The van der Waals surface area contributed by atoms with Crippen molar-refractivity contribution in [2.75, 3.05) is 13.2 Å². The maximum atomic E-state index is 12.8. The summed E-state index contributed by atoms with van der Waals surface area (Å²) in [6.07, 6.45) is 1.33. The summed E-state index contributed by atoms with van der Waals surface area (Å²) in [5.74, 6) is 0.00341. The molecule has 0 N–H and O–H groups in total. The number of carbonyl (C=O) groups is 1. The largest absolute Gasteiger partial charge is 0.489 e. The Morgan fingerprint density at radius 1 is 1.30 bits per heavy atom. The molecule has 0 aliphatic rings. The van der Waals surface area contributed by atoms with Crippen LogP contribution in [0, 0.1) is 6.92 Å². The van der Waals surface area contributed by atoms with Gasteiger partial charge in [0.2, 0.25) is 5.71 Å². The summed E-state index contributed by atoms with van der Waals surface area (Å²) in [7, 11) is 0. The molecule has 142 valence electrons. The Morgan fingerprint density at radius 3 is 2.67 bits per heavy atom. The first-order valence-corrected chi connectivity index (χ1v) is 8.92. The van der Waals surface area contributed by atoms with Crippen molar-refractivity contribution in [2.45, 2.75) is 20.4 Å². The Labute approximate surface area is 164 Å². The Hall–Kier alpha value is -2.51. The highest BCUT2D eigenvalue weighted by atomic mass is 35.5. The van der Waals surface area contributed by atoms with Gasteiger partial charge in [0, 0.05) is 0 Å². The van der Waals surface area contributed by atoms with E-state index >= 15 is 0 Å². The average molecular weight is 411 g/mol. The third kappa shape index (κ3) is 3.79. The van der Waals surface area contributed by atoms with E-state index in [1.807, 2.05) is 0 Å². The van der Waals surface area contributed by atoms with Crippen LogP contribution in [-0.4, -0.2) is 28.7 Å². The fraction of sp³-hybridized carbons (Fsp3) is 0.278. The van der Waals surface area contributed by atoms with E-state index in [1.165, 1.54) is 10.9 Å². The Morgan fingerprint density at radius 2 is 2.00 bits per heavy atom. The Balaban J connectivity index is 1.88.